The second kappa shape index (κ2) is 8.30. The Morgan fingerprint density at radius 3 is 1.82 bits per heavy atom. The highest BCUT2D eigenvalue weighted by atomic mass is 32.1. The van der Waals surface area contributed by atoms with Gasteiger partial charge in [0.1, 0.15) is 10.5 Å². The summed E-state index contributed by atoms with van der Waals surface area (Å²) >= 11 is 1.71. The predicted octanol–water partition coefficient (Wildman–Crippen LogP) is 8.07. The summed E-state index contributed by atoms with van der Waals surface area (Å²) in [7, 11) is 0. The molecule has 4 heterocycles. The summed E-state index contributed by atoms with van der Waals surface area (Å²) in [4.78, 5) is 21.1. The molecule has 8 rings (SSSR count). The van der Waals surface area contributed by atoms with E-state index in [1.54, 1.807) is 11.3 Å². The largest absolute Gasteiger partial charge is 0.262 e. The van der Waals surface area contributed by atoms with Crippen molar-refractivity contribution in [3.05, 3.63) is 115 Å². The van der Waals surface area contributed by atoms with E-state index in [0.717, 1.165) is 37.9 Å². The maximum Gasteiger partial charge on any atom is 0.240 e. The third kappa shape index (κ3) is 3.24. The molecule has 0 N–H and O–H groups in total. The summed E-state index contributed by atoms with van der Waals surface area (Å²) in [6.07, 6.45) is 0. The van der Waals surface area contributed by atoms with Gasteiger partial charge in [-0.15, -0.1) is 11.3 Å². The lowest BCUT2D eigenvalue weighted by Crippen LogP contribution is -2.06. The number of benzene rings is 4. The van der Waals surface area contributed by atoms with Crippen molar-refractivity contribution in [3.63, 3.8) is 0 Å². The van der Waals surface area contributed by atoms with Crippen LogP contribution >= 0.6 is 11.3 Å². The topological polar surface area (TPSA) is 56.5 Å². The highest BCUT2D eigenvalue weighted by molar-refractivity contribution is 7.25. The monoisotopic (exact) mass is 505 g/mol. The highest BCUT2D eigenvalue weighted by Crippen LogP contribution is 2.38. The third-order valence-corrected chi connectivity index (χ3v) is 7.97. The van der Waals surface area contributed by atoms with Crippen molar-refractivity contribution in [1.29, 1.82) is 0 Å². The first-order valence-electron chi connectivity index (χ1n) is 12.4. The molecule has 0 unspecified atom stereocenters. The molecule has 0 saturated carbocycles. The molecule has 0 aliphatic carbocycles. The van der Waals surface area contributed by atoms with Crippen LogP contribution in [0.3, 0.4) is 0 Å². The number of nitrogens with zero attached hydrogens (tertiary/aromatic N) is 5. The predicted molar refractivity (Wildman–Crippen MR) is 156 cm³/mol. The number of rotatable bonds is 3. The normalized spacial score (nSPS) is 11.7. The Balaban J connectivity index is 1.48. The average Bonchev–Trinajstić information content (AvgIpc) is 3.51. The van der Waals surface area contributed by atoms with E-state index < -0.39 is 0 Å². The van der Waals surface area contributed by atoms with Crippen LogP contribution in [0.4, 0.5) is 0 Å². The molecule has 0 amide bonds. The zero-order valence-electron chi connectivity index (χ0n) is 20.1. The van der Waals surface area contributed by atoms with E-state index in [1.807, 2.05) is 66.7 Å². The summed E-state index contributed by atoms with van der Waals surface area (Å²) < 4.78 is 3.31. The SMILES string of the molecule is c1ccc(-c2nc(-c3ccccc3)nc(-n3c4ccccc4c4cc5c(nc43)sc3ccccc35)n2)cc1. The van der Waals surface area contributed by atoms with Gasteiger partial charge < -0.3 is 0 Å². The number of hydrogen-bond donors (Lipinski definition) is 0. The van der Waals surface area contributed by atoms with E-state index in [1.165, 1.54) is 15.5 Å². The lowest BCUT2D eigenvalue weighted by molar-refractivity contribution is 0.946. The first-order valence-corrected chi connectivity index (χ1v) is 13.2. The second-order valence-corrected chi connectivity index (χ2v) is 10.2. The van der Waals surface area contributed by atoms with Crippen molar-refractivity contribution < 1.29 is 0 Å². The van der Waals surface area contributed by atoms with Crippen molar-refractivity contribution in [2.24, 2.45) is 0 Å². The van der Waals surface area contributed by atoms with E-state index in [4.69, 9.17) is 19.9 Å². The number of aromatic nitrogens is 5. The molecule has 0 fully saturated rings. The zero-order chi connectivity index (χ0) is 25.1. The van der Waals surface area contributed by atoms with Gasteiger partial charge >= 0.3 is 0 Å². The van der Waals surface area contributed by atoms with Gasteiger partial charge in [0.25, 0.3) is 0 Å². The lowest BCUT2D eigenvalue weighted by Gasteiger charge is -2.10. The zero-order valence-corrected chi connectivity index (χ0v) is 20.9. The van der Waals surface area contributed by atoms with Crippen LogP contribution in [0.15, 0.2) is 115 Å². The molecule has 4 aromatic heterocycles. The first kappa shape index (κ1) is 21.2. The second-order valence-electron chi connectivity index (χ2n) is 9.18. The van der Waals surface area contributed by atoms with Crippen LogP contribution in [0.25, 0.3) is 71.0 Å². The van der Waals surface area contributed by atoms with E-state index >= 15 is 0 Å². The molecule has 0 spiro atoms. The Morgan fingerprint density at radius 1 is 0.500 bits per heavy atom. The maximum atomic E-state index is 5.21. The van der Waals surface area contributed by atoms with Crippen molar-refractivity contribution in [1.82, 2.24) is 24.5 Å². The van der Waals surface area contributed by atoms with Crippen LogP contribution in [0, 0.1) is 0 Å². The van der Waals surface area contributed by atoms with E-state index in [2.05, 4.69) is 53.1 Å². The Labute approximate surface area is 221 Å². The Morgan fingerprint density at radius 2 is 1.11 bits per heavy atom. The Bertz CT molecular complexity index is 2070. The molecule has 0 atom stereocenters. The van der Waals surface area contributed by atoms with E-state index in [9.17, 15) is 0 Å². The van der Waals surface area contributed by atoms with Crippen LogP contribution in [0.5, 0.6) is 0 Å². The van der Waals surface area contributed by atoms with Gasteiger partial charge in [-0.2, -0.15) is 9.97 Å². The molecule has 0 aliphatic heterocycles. The van der Waals surface area contributed by atoms with E-state index in [-0.39, 0.29) is 0 Å². The highest BCUT2D eigenvalue weighted by Gasteiger charge is 2.20. The summed E-state index contributed by atoms with van der Waals surface area (Å²) in [6, 6.07) is 39.2. The molecule has 4 aromatic carbocycles. The Hall–Kier alpha value is -4.94. The Kier molecular flexibility index (Phi) is 4.62. The molecule has 5 nitrogen and oxygen atoms in total. The molecule has 0 saturated heterocycles. The molecular weight excluding hydrogens is 486 g/mol. The van der Waals surface area contributed by atoms with E-state index in [0.29, 0.717) is 17.6 Å². The van der Waals surface area contributed by atoms with Crippen LogP contribution in [0.1, 0.15) is 0 Å². The standard InChI is InChI=1S/C32H19N5S/c1-3-11-20(12-4-1)28-33-29(21-13-5-2-6-14-21)35-32(34-28)37-26-17-9-7-15-22(26)24-19-25-23-16-8-10-18-27(23)38-31(25)36-30(24)37/h1-19H. The number of hydrogen-bond acceptors (Lipinski definition) is 5. The van der Waals surface area contributed by atoms with Gasteiger partial charge in [0.2, 0.25) is 5.95 Å². The summed E-state index contributed by atoms with van der Waals surface area (Å²) in [5.74, 6) is 1.81. The maximum absolute atomic E-state index is 5.21. The van der Waals surface area contributed by atoms with Crippen molar-refractivity contribution in [2.75, 3.05) is 0 Å². The fourth-order valence-electron chi connectivity index (χ4n) is 5.12. The molecule has 0 aliphatic rings. The molecule has 178 valence electrons. The minimum absolute atomic E-state index is 0.553. The minimum Gasteiger partial charge on any atom is -0.262 e. The molecule has 8 aromatic rings. The van der Waals surface area contributed by atoms with Crippen LogP contribution < -0.4 is 0 Å². The van der Waals surface area contributed by atoms with Gasteiger partial charge in [0.05, 0.1) is 5.52 Å². The van der Waals surface area contributed by atoms with Gasteiger partial charge in [0, 0.05) is 37.4 Å². The average molecular weight is 506 g/mol. The number of pyridine rings is 1. The van der Waals surface area contributed by atoms with Crippen LogP contribution in [-0.4, -0.2) is 24.5 Å². The summed E-state index contributed by atoms with van der Waals surface area (Å²) in [5, 5.41) is 4.61. The number of thiophene rings is 1. The van der Waals surface area contributed by atoms with Gasteiger partial charge in [-0.1, -0.05) is 97.1 Å². The third-order valence-electron chi connectivity index (χ3n) is 6.89. The number of fused-ring (bicyclic) bond motifs is 6. The molecular formula is C32H19N5S. The van der Waals surface area contributed by atoms with Crippen LogP contribution in [-0.2, 0) is 0 Å². The molecule has 0 radical (unpaired) electrons. The van der Waals surface area contributed by atoms with Gasteiger partial charge in [-0.25, -0.2) is 9.97 Å². The summed E-state index contributed by atoms with van der Waals surface area (Å²) in [5.41, 5.74) is 3.73. The van der Waals surface area contributed by atoms with Crippen molar-refractivity contribution in [3.8, 4) is 28.7 Å². The van der Waals surface area contributed by atoms with Gasteiger partial charge in [-0.05, 0) is 18.2 Å². The molecule has 38 heavy (non-hydrogen) atoms. The van der Waals surface area contributed by atoms with Gasteiger partial charge in [0.15, 0.2) is 11.6 Å². The van der Waals surface area contributed by atoms with Crippen LogP contribution in [0.2, 0.25) is 0 Å². The number of para-hydroxylation sites is 1. The van der Waals surface area contributed by atoms with Crippen molar-refractivity contribution >= 4 is 53.6 Å². The fraction of sp³-hybridized carbons (Fsp3) is 0. The molecule has 6 heteroatoms. The quantitative estimate of drug-likeness (QED) is 0.244. The smallest absolute Gasteiger partial charge is 0.240 e. The minimum atomic E-state index is 0.553. The van der Waals surface area contributed by atoms with Crippen molar-refractivity contribution in [2.45, 2.75) is 0 Å². The summed E-state index contributed by atoms with van der Waals surface area (Å²) in [6.45, 7) is 0. The first-order chi connectivity index (χ1) is 18.8. The molecule has 0 bridgehead atoms. The van der Waals surface area contributed by atoms with Gasteiger partial charge in [-0.3, -0.25) is 4.57 Å². The fourth-order valence-corrected chi connectivity index (χ4v) is 6.17. The lowest BCUT2D eigenvalue weighted by atomic mass is 10.1.